The van der Waals surface area contributed by atoms with Crippen LogP contribution in [-0.2, 0) is 19.4 Å². The molecule has 0 aromatic carbocycles. The fourth-order valence-corrected chi connectivity index (χ4v) is 4.34. The number of fused-ring (bicyclic) bond motifs is 1. The van der Waals surface area contributed by atoms with Crippen LogP contribution in [0.3, 0.4) is 0 Å². The first kappa shape index (κ1) is 18.9. The second kappa shape index (κ2) is 7.98. The van der Waals surface area contributed by atoms with E-state index in [1.807, 2.05) is 19.2 Å². The van der Waals surface area contributed by atoms with E-state index in [9.17, 15) is 4.79 Å². The molecule has 4 heterocycles. The molecular formula is C21H26N8O. The van der Waals surface area contributed by atoms with Crippen molar-refractivity contribution in [2.24, 2.45) is 0 Å². The topological polar surface area (TPSA) is 85.0 Å². The molecule has 0 radical (unpaired) electrons. The molecule has 156 valence electrons. The van der Waals surface area contributed by atoms with Crippen LogP contribution in [0, 0.1) is 6.92 Å². The van der Waals surface area contributed by atoms with Crippen LogP contribution in [0.2, 0.25) is 0 Å². The standard InChI is InChI=1S/C21H26N8O/c1-16-23-18-5-2-4-17(18)21(24-16)27-13-10-26(11-14-27)12-15-29-20(30)7-6-19(25-29)28-9-3-8-22-28/h3,6-9H,2,4-5,10-15H2,1H3. The average molecular weight is 406 g/mol. The Morgan fingerprint density at radius 3 is 2.70 bits per heavy atom. The number of rotatable bonds is 5. The van der Waals surface area contributed by atoms with Crippen LogP contribution < -0.4 is 10.5 Å². The summed E-state index contributed by atoms with van der Waals surface area (Å²) in [5, 5.41) is 8.65. The maximum atomic E-state index is 12.2. The van der Waals surface area contributed by atoms with Gasteiger partial charge in [0.2, 0.25) is 0 Å². The van der Waals surface area contributed by atoms with E-state index >= 15 is 0 Å². The van der Waals surface area contributed by atoms with Crippen LogP contribution in [0.1, 0.15) is 23.5 Å². The van der Waals surface area contributed by atoms with Gasteiger partial charge >= 0.3 is 0 Å². The highest BCUT2D eigenvalue weighted by atomic mass is 16.1. The number of aryl methyl sites for hydroxylation is 2. The lowest BCUT2D eigenvalue weighted by Crippen LogP contribution is -2.48. The van der Waals surface area contributed by atoms with Crippen molar-refractivity contribution in [1.82, 2.24) is 34.4 Å². The van der Waals surface area contributed by atoms with Crippen LogP contribution in [0.5, 0.6) is 0 Å². The lowest BCUT2D eigenvalue weighted by atomic mass is 10.2. The minimum atomic E-state index is -0.0865. The Morgan fingerprint density at radius 2 is 1.90 bits per heavy atom. The van der Waals surface area contributed by atoms with Crippen molar-refractivity contribution >= 4 is 5.82 Å². The van der Waals surface area contributed by atoms with Crippen molar-refractivity contribution in [3.63, 3.8) is 0 Å². The summed E-state index contributed by atoms with van der Waals surface area (Å²) >= 11 is 0. The smallest absolute Gasteiger partial charge is 0.266 e. The quantitative estimate of drug-likeness (QED) is 0.621. The Morgan fingerprint density at radius 1 is 1.03 bits per heavy atom. The fraction of sp³-hybridized carbons (Fsp3) is 0.476. The van der Waals surface area contributed by atoms with Crippen LogP contribution >= 0.6 is 0 Å². The number of aromatic nitrogens is 6. The van der Waals surface area contributed by atoms with Gasteiger partial charge in [0.15, 0.2) is 5.82 Å². The molecule has 3 aromatic heterocycles. The van der Waals surface area contributed by atoms with Crippen molar-refractivity contribution in [1.29, 1.82) is 0 Å². The Kier molecular flexibility index (Phi) is 5.04. The third-order valence-electron chi connectivity index (χ3n) is 5.91. The molecule has 1 fully saturated rings. The van der Waals surface area contributed by atoms with E-state index in [4.69, 9.17) is 4.98 Å². The third-order valence-corrected chi connectivity index (χ3v) is 5.91. The molecular weight excluding hydrogens is 380 g/mol. The Labute approximate surface area is 175 Å². The Hall–Kier alpha value is -3.07. The zero-order valence-corrected chi connectivity index (χ0v) is 17.2. The number of hydrogen-bond donors (Lipinski definition) is 0. The molecule has 0 bridgehead atoms. The molecule has 0 amide bonds. The monoisotopic (exact) mass is 406 g/mol. The van der Waals surface area contributed by atoms with E-state index in [1.54, 1.807) is 23.0 Å². The van der Waals surface area contributed by atoms with E-state index in [1.165, 1.54) is 22.4 Å². The molecule has 0 saturated carbocycles. The summed E-state index contributed by atoms with van der Waals surface area (Å²) in [6.07, 6.45) is 6.87. The largest absolute Gasteiger partial charge is 0.354 e. The first-order valence-electron chi connectivity index (χ1n) is 10.6. The Bertz CT molecular complexity index is 1080. The predicted molar refractivity (Wildman–Crippen MR) is 113 cm³/mol. The molecule has 1 aliphatic carbocycles. The molecule has 1 saturated heterocycles. The van der Waals surface area contributed by atoms with Crippen molar-refractivity contribution in [3.8, 4) is 5.82 Å². The molecule has 3 aromatic rings. The number of piperazine rings is 1. The molecule has 30 heavy (non-hydrogen) atoms. The third kappa shape index (κ3) is 3.72. The van der Waals surface area contributed by atoms with Crippen molar-refractivity contribution in [3.05, 3.63) is 58.0 Å². The highest BCUT2D eigenvalue weighted by Crippen LogP contribution is 2.29. The lowest BCUT2D eigenvalue weighted by molar-refractivity contribution is 0.242. The highest BCUT2D eigenvalue weighted by Gasteiger charge is 2.25. The summed E-state index contributed by atoms with van der Waals surface area (Å²) < 4.78 is 3.20. The Balaban J connectivity index is 1.22. The van der Waals surface area contributed by atoms with E-state index in [0.717, 1.165) is 57.2 Å². The minimum absolute atomic E-state index is 0.0865. The SMILES string of the molecule is Cc1nc2c(c(N3CCN(CCn4nc(-n5cccn5)ccc4=O)CC3)n1)CCC2. The van der Waals surface area contributed by atoms with Gasteiger partial charge in [-0.2, -0.15) is 5.10 Å². The van der Waals surface area contributed by atoms with Gasteiger partial charge in [0.1, 0.15) is 11.6 Å². The first-order valence-corrected chi connectivity index (χ1v) is 10.6. The van der Waals surface area contributed by atoms with Gasteiger partial charge in [0.05, 0.1) is 6.54 Å². The van der Waals surface area contributed by atoms with Crippen LogP contribution in [0.4, 0.5) is 5.82 Å². The number of hydrogen-bond acceptors (Lipinski definition) is 7. The van der Waals surface area contributed by atoms with E-state index in [-0.39, 0.29) is 5.56 Å². The summed E-state index contributed by atoms with van der Waals surface area (Å²) in [7, 11) is 0. The molecule has 2 aliphatic rings. The molecule has 1 aliphatic heterocycles. The maximum absolute atomic E-state index is 12.2. The molecule has 9 nitrogen and oxygen atoms in total. The minimum Gasteiger partial charge on any atom is -0.354 e. The van der Waals surface area contributed by atoms with Gasteiger partial charge in [-0.3, -0.25) is 9.69 Å². The van der Waals surface area contributed by atoms with Gasteiger partial charge in [0.25, 0.3) is 5.56 Å². The second-order valence-corrected chi connectivity index (χ2v) is 7.91. The summed E-state index contributed by atoms with van der Waals surface area (Å²) in [6.45, 7) is 7.13. The summed E-state index contributed by atoms with van der Waals surface area (Å²) in [4.78, 5) is 26.4. The average Bonchev–Trinajstić information content (AvgIpc) is 3.45. The lowest BCUT2D eigenvalue weighted by Gasteiger charge is -2.36. The zero-order valence-electron chi connectivity index (χ0n) is 17.2. The van der Waals surface area contributed by atoms with Gasteiger partial charge < -0.3 is 4.90 Å². The highest BCUT2D eigenvalue weighted by molar-refractivity contribution is 5.51. The molecule has 0 unspecified atom stereocenters. The van der Waals surface area contributed by atoms with Gasteiger partial charge in [-0.05, 0) is 38.3 Å². The summed E-state index contributed by atoms with van der Waals surface area (Å²) in [5.74, 6) is 2.66. The molecule has 5 rings (SSSR count). The second-order valence-electron chi connectivity index (χ2n) is 7.91. The fourth-order valence-electron chi connectivity index (χ4n) is 4.34. The van der Waals surface area contributed by atoms with Gasteiger partial charge in [-0.1, -0.05) is 0 Å². The van der Waals surface area contributed by atoms with Crippen molar-refractivity contribution < 1.29 is 0 Å². The zero-order chi connectivity index (χ0) is 20.5. The van der Waals surface area contributed by atoms with Gasteiger partial charge in [-0.15, -0.1) is 5.10 Å². The molecule has 0 atom stereocenters. The maximum Gasteiger partial charge on any atom is 0.266 e. The van der Waals surface area contributed by atoms with E-state index in [0.29, 0.717) is 12.4 Å². The molecule has 0 spiro atoms. The molecule has 9 heteroatoms. The summed E-state index contributed by atoms with van der Waals surface area (Å²) in [5.41, 5.74) is 2.50. The van der Waals surface area contributed by atoms with Gasteiger partial charge in [-0.25, -0.2) is 19.3 Å². The normalized spacial score (nSPS) is 16.8. The van der Waals surface area contributed by atoms with Crippen LogP contribution in [0.15, 0.2) is 35.4 Å². The van der Waals surface area contributed by atoms with Crippen molar-refractivity contribution in [2.75, 3.05) is 37.6 Å². The first-order chi connectivity index (χ1) is 14.7. The predicted octanol–water partition coefficient (Wildman–Crippen LogP) is 0.838. The number of anilines is 1. The van der Waals surface area contributed by atoms with Crippen LogP contribution in [0.25, 0.3) is 5.82 Å². The number of nitrogens with zero attached hydrogens (tertiary/aromatic N) is 8. The van der Waals surface area contributed by atoms with Gasteiger partial charge in [0, 0.05) is 62.4 Å². The summed E-state index contributed by atoms with van der Waals surface area (Å²) in [6, 6.07) is 5.10. The van der Waals surface area contributed by atoms with Crippen molar-refractivity contribution in [2.45, 2.75) is 32.7 Å². The molecule has 0 N–H and O–H groups in total. The van der Waals surface area contributed by atoms with E-state index < -0.39 is 0 Å². The van der Waals surface area contributed by atoms with Crippen LogP contribution in [-0.4, -0.2) is 67.2 Å². The van der Waals surface area contributed by atoms with E-state index in [2.05, 4.69) is 25.0 Å².